The van der Waals surface area contributed by atoms with Gasteiger partial charge in [0.05, 0.1) is 0 Å². The molecule has 2 heteroatoms. The molecule has 1 saturated heterocycles. The molecule has 1 aromatic carbocycles. The van der Waals surface area contributed by atoms with E-state index in [0.717, 1.165) is 6.54 Å². The summed E-state index contributed by atoms with van der Waals surface area (Å²) >= 11 is 0. The molecule has 0 atom stereocenters. The Morgan fingerprint density at radius 2 is 1.36 bits per heavy atom. The molecule has 1 aliphatic rings. The minimum atomic E-state index is 0.693. The molecule has 128 valence electrons. The highest BCUT2D eigenvalue weighted by Gasteiger charge is 2.18. The predicted octanol–water partition coefficient (Wildman–Crippen LogP) is 5.05. The molecule has 0 spiro atoms. The topological polar surface area (TPSA) is 6.48 Å². The maximum Gasteiger partial charge on any atom is 0.0234 e. The van der Waals surface area contributed by atoms with Crippen molar-refractivity contribution >= 4 is 0 Å². The SMILES string of the molecule is CC.CC(C)N1CCN(Cc2ccccc2)CC1.CCCC. The van der Waals surface area contributed by atoms with Crippen molar-refractivity contribution in [1.29, 1.82) is 0 Å². The largest absolute Gasteiger partial charge is 0.298 e. The summed E-state index contributed by atoms with van der Waals surface area (Å²) in [5.41, 5.74) is 1.43. The van der Waals surface area contributed by atoms with E-state index in [1.165, 1.54) is 44.6 Å². The van der Waals surface area contributed by atoms with E-state index in [1.54, 1.807) is 0 Å². The molecular weight excluding hydrogens is 268 g/mol. The molecule has 2 nitrogen and oxygen atoms in total. The Balaban J connectivity index is 0.000000640. The number of piperazine rings is 1. The molecule has 0 amide bonds. The zero-order chi connectivity index (χ0) is 16.8. The van der Waals surface area contributed by atoms with Gasteiger partial charge < -0.3 is 0 Å². The smallest absolute Gasteiger partial charge is 0.0234 e. The van der Waals surface area contributed by atoms with Crippen LogP contribution in [0.3, 0.4) is 0 Å². The van der Waals surface area contributed by atoms with Crippen LogP contribution in [0.15, 0.2) is 30.3 Å². The minimum absolute atomic E-state index is 0.693. The first-order valence-electron chi connectivity index (χ1n) is 9.17. The first-order valence-corrected chi connectivity index (χ1v) is 9.17. The van der Waals surface area contributed by atoms with Crippen molar-refractivity contribution in [2.45, 2.75) is 67.0 Å². The van der Waals surface area contributed by atoms with Crippen LogP contribution < -0.4 is 0 Å². The molecule has 0 bridgehead atoms. The number of hydrogen-bond donors (Lipinski definition) is 0. The lowest BCUT2D eigenvalue weighted by atomic mass is 10.2. The molecule has 1 aromatic rings. The Morgan fingerprint density at radius 1 is 0.864 bits per heavy atom. The Labute approximate surface area is 139 Å². The number of unbranched alkanes of at least 4 members (excludes halogenated alkanes) is 1. The molecule has 1 fully saturated rings. The van der Waals surface area contributed by atoms with Crippen molar-refractivity contribution in [1.82, 2.24) is 9.80 Å². The van der Waals surface area contributed by atoms with Crippen molar-refractivity contribution < 1.29 is 0 Å². The van der Waals surface area contributed by atoms with Gasteiger partial charge in [0.15, 0.2) is 0 Å². The van der Waals surface area contributed by atoms with Crippen LogP contribution in [-0.2, 0) is 6.54 Å². The van der Waals surface area contributed by atoms with Gasteiger partial charge in [-0.3, -0.25) is 9.80 Å². The van der Waals surface area contributed by atoms with Crippen molar-refractivity contribution in [3.05, 3.63) is 35.9 Å². The van der Waals surface area contributed by atoms with Crippen LogP contribution in [0, 0.1) is 0 Å². The van der Waals surface area contributed by atoms with Crippen molar-refractivity contribution in [2.75, 3.05) is 26.2 Å². The second-order valence-electron chi connectivity index (χ2n) is 5.89. The van der Waals surface area contributed by atoms with Crippen LogP contribution >= 0.6 is 0 Å². The molecule has 0 radical (unpaired) electrons. The van der Waals surface area contributed by atoms with Crippen LogP contribution in [-0.4, -0.2) is 42.0 Å². The molecule has 0 aromatic heterocycles. The second kappa shape index (κ2) is 13.8. The maximum absolute atomic E-state index is 2.56. The Morgan fingerprint density at radius 3 is 1.77 bits per heavy atom. The molecule has 22 heavy (non-hydrogen) atoms. The average molecular weight is 307 g/mol. The zero-order valence-corrected chi connectivity index (χ0v) is 15.8. The first-order chi connectivity index (χ1) is 10.7. The van der Waals surface area contributed by atoms with Gasteiger partial charge in [-0.2, -0.15) is 0 Å². The molecule has 2 rings (SSSR count). The summed E-state index contributed by atoms with van der Waals surface area (Å²) in [6.07, 6.45) is 2.64. The summed E-state index contributed by atoms with van der Waals surface area (Å²) in [6, 6.07) is 11.5. The Kier molecular flexibility index (Phi) is 13.2. The third kappa shape index (κ3) is 9.22. The molecule has 0 aliphatic carbocycles. The van der Waals surface area contributed by atoms with Crippen LogP contribution in [0.5, 0.6) is 0 Å². The summed E-state index contributed by atoms with van der Waals surface area (Å²) in [5.74, 6) is 0. The van der Waals surface area contributed by atoms with E-state index >= 15 is 0 Å². The van der Waals surface area contributed by atoms with E-state index in [-0.39, 0.29) is 0 Å². The van der Waals surface area contributed by atoms with Gasteiger partial charge in [-0.05, 0) is 19.4 Å². The zero-order valence-electron chi connectivity index (χ0n) is 15.8. The van der Waals surface area contributed by atoms with Gasteiger partial charge in [0.1, 0.15) is 0 Å². The number of nitrogens with zero attached hydrogens (tertiary/aromatic N) is 2. The minimum Gasteiger partial charge on any atom is -0.298 e. The fraction of sp³-hybridized carbons (Fsp3) is 0.700. The third-order valence-electron chi connectivity index (χ3n) is 3.89. The lowest BCUT2D eigenvalue weighted by Gasteiger charge is -2.36. The quantitative estimate of drug-likeness (QED) is 0.768. The molecular formula is C20H38N2. The fourth-order valence-corrected chi connectivity index (χ4v) is 2.28. The van der Waals surface area contributed by atoms with Gasteiger partial charge in [0.25, 0.3) is 0 Å². The summed E-state index contributed by atoms with van der Waals surface area (Å²) in [6.45, 7) is 18.9. The van der Waals surface area contributed by atoms with Crippen molar-refractivity contribution in [3.63, 3.8) is 0 Å². The fourth-order valence-electron chi connectivity index (χ4n) is 2.28. The summed E-state index contributed by atoms with van der Waals surface area (Å²) in [7, 11) is 0. The normalized spacial score (nSPS) is 15.6. The molecule has 1 heterocycles. The van der Waals surface area contributed by atoms with Gasteiger partial charge in [0.2, 0.25) is 0 Å². The van der Waals surface area contributed by atoms with Crippen LogP contribution in [0.1, 0.15) is 59.9 Å². The summed E-state index contributed by atoms with van der Waals surface area (Å²) in [4.78, 5) is 5.11. The lowest BCUT2D eigenvalue weighted by Crippen LogP contribution is -2.48. The van der Waals surface area contributed by atoms with Gasteiger partial charge in [-0.15, -0.1) is 0 Å². The van der Waals surface area contributed by atoms with Gasteiger partial charge in [-0.25, -0.2) is 0 Å². The molecule has 0 saturated carbocycles. The van der Waals surface area contributed by atoms with Crippen molar-refractivity contribution in [3.8, 4) is 0 Å². The maximum atomic E-state index is 2.56. The van der Waals surface area contributed by atoms with E-state index in [1.807, 2.05) is 13.8 Å². The highest BCUT2D eigenvalue weighted by molar-refractivity contribution is 5.14. The highest BCUT2D eigenvalue weighted by atomic mass is 15.3. The number of benzene rings is 1. The molecule has 0 N–H and O–H groups in total. The standard InChI is InChI=1S/C14H22N2.C4H10.C2H6/c1-13(2)16-10-8-15(9-11-16)12-14-6-4-3-5-7-14;1-3-4-2;1-2/h3-7,13H,8-12H2,1-2H3;3-4H2,1-2H3;1-2H3. The predicted molar refractivity (Wildman–Crippen MR) is 100 cm³/mol. The van der Waals surface area contributed by atoms with Crippen LogP contribution in [0.2, 0.25) is 0 Å². The molecule has 1 aliphatic heterocycles. The second-order valence-corrected chi connectivity index (χ2v) is 5.89. The monoisotopic (exact) mass is 306 g/mol. The number of rotatable bonds is 4. The molecule has 0 unspecified atom stereocenters. The third-order valence-corrected chi connectivity index (χ3v) is 3.89. The van der Waals surface area contributed by atoms with E-state index in [0.29, 0.717) is 6.04 Å². The van der Waals surface area contributed by atoms with Crippen LogP contribution in [0.4, 0.5) is 0 Å². The van der Waals surface area contributed by atoms with E-state index in [2.05, 4.69) is 67.8 Å². The van der Waals surface area contributed by atoms with E-state index in [9.17, 15) is 0 Å². The summed E-state index contributed by atoms with van der Waals surface area (Å²) < 4.78 is 0. The van der Waals surface area contributed by atoms with Crippen LogP contribution in [0.25, 0.3) is 0 Å². The van der Waals surface area contributed by atoms with Gasteiger partial charge in [-0.1, -0.05) is 70.9 Å². The number of hydrogen-bond acceptors (Lipinski definition) is 2. The average Bonchev–Trinajstić information content (AvgIpc) is 2.58. The van der Waals surface area contributed by atoms with Crippen molar-refractivity contribution in [2.24, 2.45) is 0 Å². The summed E-state index contributed by atoms with van der Waals surface area (Å²) in [5, 5.41) is 0. The first kappa shape index (κ1) is 21.1. The van der Waals surface area contributed by atoms with E-state index < -0.39 is 0 Å². The Bertz CT molecular complexity index is 325. The lowest BCUT2D eigenvalue weighted by molar-refractivity contribution is 0.104. The van der Waals surface area contributed by atoms with Gasteiger partial charge >= 0.3 is 0 Å². The van der Waals surface area contributed by atoms with E-state index in [4.69, 9.17) is 0 Å². The Hall–Kier alpha value is -0.860. The van der Waals surface area contributed by atoms with Gasteiger partial charge in [0, 0.05) is 38.8 Å². The highest BCUT2D eigenvalue weighted by Crippen LogP contribution is 2.09.